The summed E-state index contributed by atoms with van der Waals surface area (Å²) in [4.78, 5) is 0. The number of aliphatic hydroxyl groups excluding tert-OH is 1. The van der Waals surface area contributed by atoms with E-state index >= 15 is 0 Å². The van der Waals surface area contributed by atoms with E-state index in [0.29, 0.717) is 0 Å². The molecule has 0 aromatic carbocycles. The molecular formula is CH4KNO. The Labute approximate surface area is 67.8 Å². The summed E-state index contributed by atoms with van der Waals surface area (Å²) in [6, 6.07) is 0. The van der Waals surface area contributed by atoms with Gasteiger partial charge in [0, 0.05) is 0 Å². The largest absolute Gasteiger partial charge is 1.00 e. The zero-order chi connectivity index (χ0) is 2.71. The molecule has 0 heterocycles. The molecule has 2 nitrogen and oxygen atoms in total. The van der Waals surface area contributed by atoms with E-state index in [1.54, 1.807) is 0 Å². The van der Waals surface area contributed by atoms with Crippen molar-refractivity contribution in [3.05, 3.63) is 5.73 Å². The Morgan fingerprint density at radius 2 is 1.75 bits per heavy atom. The Morgan fingerprint density at radius 1 is 1.75 bits per heavy atom. The molecule has 0 fully saturated rings. The fourth-order valence-electron chi connectivity index (χ4n) is 0. The molecule has 2 N–H and O–H groups in total. The zero-order valence-electron chi connectivity index (χ0n) is 2.65. The Hall–Kier alpha value is 1.56. The average molecular weight is 85.1 g/mol. The summed E-state index contributed by atoms with van der Waals surface area (Å²) in [6.45, 7) is -0.500. The van der Waals surface area contributed by atoms with Crippen molar-refractivity contribution >= 4 is 0 Å². The van der Waals surface area contributed by atoms with Crippen LogP contribution in [0.25, 0.3) is 5.73 Å². The zero-order valence-corrected chi connectivity index (χ0v) is 5.78. The third-order valence-corrected chi connectivity index (χ3v) is 0. The van der Waals surface area contributed by atoms with Crippen LogP contribution in [0.3, 0.4) is 0 Å². The van der Waals surface area contributed by atoms with Crippen molar-refractivity contribution in [3.63, 3.8) is 0 Å². The van der Waals surface area contributed by atoms with E-state index in [2.05, 4.69) is 0 Å². The van der Waals surface area contributed by atoms with Crippen molar-refractivity contribution in [1.82, 2.24) is 0 Å². The predicted molar refractivity (Wildman–Crippen MR) is 11.4 cm³/mol. The Morgan fingerprint density at radius 3 is 1.75 bits per heavy atom. The van der Waals surface area contributed by atoms with Crippen molar-refractivity contribution in [2.75, 3.05) is 6.73 Å². The first kappa shape index (κ1) is 9.12. The van der Waals surface area contributed by atoms with Gasteiger partial charge in [-0.2, -0.15) is 0 Å². The topological polar surface area (TPSA) is 44.0 Å². The first-order valence-electron chi connectivity index (χ1n) is 0.670. The second kappa shape index (κ2) is 8.82. The standard InChI is InChI=1S/CH4NO.K/c2-1-3;/h2-3H,1H2;/q-1;+1. The van der Waals surface area contributed by atoms with Crippen molar-refractivity contribution in [2.45, 2.75) is 0 Å². The van der Waals surface area contributed by atoms with E-state index in [4.69, 9.17) is 10.8 Å². The van der Waals surface area contributed by atoms with Gasteiger partial charge in [-0.3, -0.25) is 0 Å². The van der Waals surface area contributed by atoms with Gasteiger partial charge in [-0.1, -0.05) is 0 Å². The fourth-order valence-corrected chi connectivity index (χ4v) is 0. The summed E-state index contributed by atoms with van der Waals surface area (Å²) in [7, 11) is 0. The number of hydrogen-bond acceptors (Lipinski definition) is 1. The van der Waals surface area contributed by atoms with Crippen LogP contribution < -0.4 is 51.4 Å². The second-order valence-electron chi connectivity index (χ2n) is 0.158. The van der Waals surface area contributed by atoms with E-state index in [1.165, 1.54) is 0 Å². The van der Waals surface area contributed by atoms with Crippen molar-refractivity contribution in [1.29, 1.82) is 0 Å². The van der Waals surface area contributed by atoms with Gasteiger partial charge in [0.2, 0.25) is 0 Å². The molecule has 0 spiro atoms. The molecule has 0 amide bonds. The van der Waals surface area contributed by atoms with Crippen molar-refractivity contribution in [3.8, 4) is 0 Å². The molecular weight excluding hydrogens is 81.1 g/mol. The third-order valence-electron chi connectivity index (χ3n) is 0. The Balaban J connectivity index is 0. The van der Waals surface area contributed by atoms with E-state index < -0.39 is 6.73 Å². The molecule has 0 saturated heterocycles. The normalized spacial score (nSPS) is 4.50. The van der Waals surface area contributed by atoms with Crippen LogP contribution in [0, 0.1) is 0 Å². The van der Waals surface area contributed by atoms with E-state index in [1.807, 2.05) is 0 Å². The summed E-state index contributed by atoms with van der Waals surface area (Å²) in [5.41, 5.74) is 5.76. The molecule has 0 atom stereocenters. The number of aliphatic hydroxyl groups is 1. The van der Waals surface area contributed by atoms with Crippen molar-refractivity contribution < 1.29 is 56.5 Å². The molecule has 0 rings (SSSR count). The minimum atomic E-state index is -0.500. The minimum Gasteiger partial charge on any atom is -0.655 e. The molecule has 0 aromatic rings. The molecule has 0 aliphatic rings. The second-order valence-corrected chi connectivity index (χ2v) is 0.158. The first-order valence-corrected chi connectivity index (χ1v) is 0.670. The van der Waals surface area contributed by atoms with Gasteiger partial charge >= 0.3 is 51.4 Å². The van der Waals surface area contributed by atoms with Gasteiger partial charge in [0.15, 0.2) is 0 Å². The number of rotatable bonds is 0. The molecule has 20 valence electrons. The van der Waals surface area contributed by atoms with Crippen LogP contribution in [0.1, 0.15) is 0 Å². The maximum atomic E-state index is 7.24. The van der Waals surface area contributed by atoms with Crippen LogP contribution in [0.15, 0.2) is 0 Å². The maximum Gasteiger partial charge on any atom is 1.00 e. The summed E-state index contributed by atoms with van der Waals surface area (Å²) in [5.74, 6) is 0. The van der Waals surface area contributed by atoms with Crippen LogP contribution in [-0.2, 0) is 0 Å². The average Bonchev–Trinajstić information content (AvgIpc) is 0.918. The van der Waals surface area contributed by atoms with Gasteiger partial charge in [-0.25, -0.2) is 0 Å². The molecule has 4 heavy (non-hydrogen) atoms. The summed E-state index contributed by atoms with van der Waals surface area (Å²) >= 11 is 0. The van der Waals surface area contributed by atoms with Crippen LogP contribution in [-0.4, -0.2) is 11.8 Å². The fraction of sp³-hybridized carbons (Fsp3) is 1.00. The molecule has 0 aliphatic carbocycles. The maximum absolute atomic E-state index is 7.24. The Bertz CT molecular complexity index is 8.00. The minimum absolute atomic E-state index is 0. The molecule has 0 bridgehead atoms. The third kappa shape index (κ3) is 9.59. The molecule has 0 aromatic heterocycles. The quantitative estimate of drug-likeness (QED) is 0.313. The molecule has 0 aliphatic heterocycles. The molecule has 3 heteroatoms. The van der Waals surface area contributed by atoms with Gasteiger partial charge in [0.05, 0.1) is 0 Å². The van der Waals surface area contributed by atoms with E-state index in [0.717, 1.165) is 0 Å². The Kier molecular flexibility index (Phi) is 20.1. The van der Waals surface area contributed by atoms with Crippen molar-refractivity contribution in [2.24, 2.45) is 0 Å². The summed E-state index contributed by atoms with van der Waals surface area (Å²) in [6.07, 6.45) is 0. The molecule has 0 unspecified atom stereocenters. The van der Waals surface area contributed by atoms with Crippen LogP contribution in [0.5, 0.6) is 0 Å². The monoisotopic (exact) mass is 85.0 g/mol. The van der Waals surface area contributed by atoms with Gasteiger partial charge in [0.1, 0.15) is 0 Å². The van der Waals surface area contributed by atoms with E-state index in [9.17, 15) is 0 Å². The first-order chi connectivity index (χ1) is 1.41. The van der Waals surface area contributed by atoms with Crippen LogP contribution >= 0.6 is 0 Å². The van der Waals surface area contributed by atoms with Crippen LogP contribution in [0.2, 0.25) is 0 Å². The number of nitrogens with one attached hydrogen (secondary N) is 1. The predicted octanol–water partition coefficient (Wildman–Crippen LogP) is -3.01. The summed E-state index contributed by atoms with van der Waals surface area (Å²) < 4.78 is 0. The SMILES string of the molecule is [K+].[NH-]CO. The van der Waals surface area contributed by atoms with Crippen LogP contribution in [0.4, 0.5) is 0 Å². The smallest absolute Gasteiger partial charge is 0.655 e. The molecule has 0 saturated carbocycles. The number of hydrogen-bond donors (Lipinski definition) is 1. The van der Waals surface area contributed by atoms with Gasteiger partial charge in [-0.05, 0) is 6.73 Å². The van der Waals surface area contributed by atoms with E-state index in [-0.39, 0.29) is 51.4 Å². The molecule has 0 radical (unpaired) electrons. The van der Waals surface area contributed by atoms with Gasteiger partial charge < -0.3 is 10.8 Å². The van der Waals surface area contributed by atoms with Gasteiger partial charge in [0.25, 0.3) is 0 Å². The van der Waals surface area contributed by atoms with Gasteiger partial charge in [-0.15, -0.1) is 0 Å². The summed E-state index contributed by atoms with van der Waals surface area (Å²) in [5, 5.41) is 7.24.